The quantitative estimate of drug-likeness (QED) is 0.864. The summed E-state index contributed by atoms with van der Waals surface area (Å²) in [5, 5.41) is 3.11. The number of esters is 1. The zero-order valence-corrected chi connectivity index (χ0v) is 11.3. The van der Waals surface area contributed by atoms with Gasteiger partial charge >= 0.3 is 5.97 Å². The zero-order chi connectivity index (χ0) is 12.1. The predicted octanol–water partition coefficient (Wildman–Crippen LogP) is 2.41. The van der Waals surface area contributed by atoms with Crippen LogP contribution in [0.3, 0.4) is 0 Å². The van der Waals surface area contributed by atoms with Crippen LogP contribution in [0.25, 0.3) is 0 Å². The molecule has 0 saturated carbocycles. The standard InChI is InChI=1S/C12H16BrNO2/c1-8-4-5-10(11(13)6-8)7-14-9(2)12(15)16-3/h4-6,9,14H,7H2,1-3H3/t9-/m0/s1. The number of hydrogen-bond donors (Lipinski definition) is 1. The van der Waals surface area contributed by atoms with Crippen molar-refractivity contribution in [3.8, 4) is 0 Å². The molecule has 0 unspecified atom stereocenters. The second-order valence-electron chi connectivity index (χ2n) is 3.72. The van der Waals surface area contributed by atoms with E-state index < -0.39 is 0 Å². The van der Waals surface area contributed by atoms with E-state index in [-0.39, 0.29) is 12.0 Å². The Morgan fingerprint density at radius 2 is 2.25 bits per heavy atom. The number of hydrogen-bond acceptors (Lipinski definition) is 3. The van der Waals surface area contributed by atoms with Crippen LogP contribution >= 0.6 is 15.9 Å². The molecule has 0 fully saturated rings. The molecule has 1 N–H and O–H groups in total. The van der Waals surface area contributed by atoms with Gasteiger partial charge in [0.2, 0.25) is 0 Å². The van der Waals surface area contributed by atoms with Gasteiger partial charge in [-0.05, 0) is 31.0 Å². The van der Waals surface area contributed by atoms with Crippen LogP contribution < -0.4 is 5.32 Å². The van der Waals surface area contributed by atoms with Crippen LogP contribution in [0, 0.1) is 6.92 Å². The molecule has 1 rings (SSSR count). The van der Waals surface area contributed by atoms with Crippen LogP contribution in [-0.2, 0) is 16.1 Å². The van der Waals surface area contributed by atoms with Crippen molar-refractivity contribution < 1.29 is 9.53 Å². The number of rotatable bonds is 4. The highest BCUT2D eigenvalue weighted by molar-refractivity contribution is 9.10. The van der Waals surface area contributed by atoms with E-state index >= 15 is 0 Å². The van der Waals surface area contributed by atoms with Gasteiger partial charge in [0.25, 0.3) is 0 Å². The van der Waals surface area contributed by atoms with E-state index in [0.717, 1.165) is 10.0 Å². The Kier molecular flexibility index (Phi) is 4.96. The van der Waals surface area contributed by atoms with E-state index in [2.05, 4.69) is 32.0 Å². The highest BCUT2D eigenvalue weighted by Crippen LogP contribution is 2.18. The maximum Gasteiger partial charge on any atom is 0.322 e. The van der Waals surface area contributed by atoms with Gasteiger partial charge in [0.1, 0.15) is 6.04 Å². The molecule has 0 heterocycles. The third kappa shape index (κ3) is 3.61. The van der Waals surface area contributed by atoms with Crippen molar-refractivity contribution in [1.29, 1.82) is 0 Å². The normalized spacial score (nSPS) is 12.2. The summed E-state index contributed by atoms with van der Waals surface area (Å²) in [6, 6.07) is 5.85. The Morgan fingerprint density at radius 1 is 1.56 bits per heavy atom. The maximum absolute atomic E-state index is 11.2. The molecule has 0 aliphatic carbocycles. The number of methoxy groups -OCH3 is 1. The summed E-state index contributed by atoms with van der Waals surface area (Å²) in [7, 11) is 1.39. The van der Waals surface area contributed by atoms with Crippen LogP contribution in [0.2, 0.25) is 0 Å². The average molecular weight is 286 g/mol. The van der Waals surface area contributed by atoms with Gasteiger partial charge in [-0.2, -0.15) is 0 Å². The fourth-order valence-electron chi connectivity index (χ4n) is 1.32. The summed E-state index contributed by atoms with van der Waals surface area (Å²) in [6.45, 7) is 4.46. The Hall–Kier alpha value is -0.870. The van der Waals surface area contributed by atoms with Gasteiger partial charge in [-0.1, -0.05) is 28.1 Å². The van der Waals surface area contributed by atoms with Crippen LogP contribution in [0.1, 0.15) is 18.1 Å². The van der Waals surface area contributed by atoms with Crippen LogP contribution in [-0.4, -0.2) is 19.1 Å². The molecule has 0 aromatic heterocycles. The third-order valence-corrected chi connectivity index (χ3v) is 3.10. The lowest BCUT2D eigenvalue weighted by molar-refractivity contribution is -0.142. The molecule has 0 radical (unpaired) electrons. The monoisotopic (exact) mass is 285 g/mol. The largest absolute Gasteiger partial charge is 0.468 e. The Labute approximate surface area is 104 Å². The summed E-state index contributed by atoms with van der Waals surface area (Å²) < 4.78 is 5.69. The summed E-state index contributed by atoms with van der Waals surface area (Å²) in [5.74, 6) is -0.247. The van der Waals surface area contributed by atoms with Crippen molar-refractivity contribution >= 4 is 21.9 Å². The minimum absolute atomic E-state index is 0.247. The lowest BCUT2D eigenvalue weighted by Crippen LogP contribution is -2.34. The van der Waals surface area contributed by atoms with E-state index in [9.17, 15) is 4.79 Å². The average Bonchev–Trinajstić information content (AvgIpc) is 2.26. The first-order valence-corrected chi connectivity index (χ1v) is 5.90. The van der Waals surface area contributed by atoms with Crippen LogP contribution in [0.4, 0.5) is 0 Å². The van der Waals surface area contributed by atoms with Crippen molar-refractivity contribution in [3.63, 3.8) is 0 Å². The van der Waals surface area contributed by atoms with E-state index in [1.54, 1.807) is 6.92 Å². The number of carbonyl (C=O) groups excluding carboxylic acids is 1. The fourth-order valence-corrected chi connectivity index (χ4v) is 1.95. The van der Waals surface area contributed by atoms with Crippen molar-refractivity contribution in [2.24, 2.45) is 0 Å². The predicted molar refractivity (Wildman–Crippen MR) is 67.2 cm³/mol. The van der Waals surface area contributed by atoms with Crippen molar-refractivity contribution in [2.75, 3.05) is 7.11 Å². The fraction of sp³-hybridized carbons (Fsp3) is 0.417. The summed E-state index contributed by atoms with van der Waals surface area (Å²) in [4.78, 5) is 11.2. The number of halogens is 1. The van der Waals surface area contributed by atoms with Crippen LogP contribution in [0.5, 0.6) is 0 Å². The summed E-state index contributed by atoms with van der Waals surface area (Å²) >= 11 is 3.50. The Balaban J connectivity index is 2.58. The van der Waals surface area contributed by atoms with Crippen molar-refractivity contribution in [2.45, 2.75) is 26.4 Å². The SMILES string of the molecule is COC(=O)[C@H](C)NCc1ccc(C)cc1Br. The summed E-state index contributed by atoms with van der Waals surface area (Å²) in [6.07, 6.45) is 0. The molecule has 16 heavy (non-hydrogen) atoms. The van der Waals surface area contributed by atoms with Gasteiger partial charge in [-0.3, -0.25) is 4.79 Å². The minimum atomic E-state index is -0.293. The van der Waals surface area contributed by atoms with E-state index in [1.165, 1.54) is 12.7 Å². The molecule has 88 valence electrons. The molecule has 1 atom stereocenters. The topological polar surface area (TPSA) is 38.3 Å². The molecule has 3 nitrogen and oxygen atoms in total. The second-order valence-corrected chi connectivity index (χ2v) is 4.57. The van der Waals surface area contributed by atoms with Gasteiger partial charge in [0.15, 0.2) is 0 Å². The molecule has 1 aromatic rings. The number of ether oxygens (including phenoxy) is 1. The van der Waals surface area contributed by atoms with Gasteiger partial charge < -0.3 is 10.1 Å². The molecule has 0 aliphatic heterocycles. The first kappa shape index (κ1) is 13.2. The van der Waals surface area contributed by atoms with Crippen LogP contribution in [0.15, 0.2) is 22.7 Å². The van der Waals surface area contributed by atoms with Gasteiger partial charge in [-0.15, -0.1) is 0 Å². The van der Waals surface area contributed by atoms with Crippen molar-refractivity contribution in [1.82, 2.24) is 5.32 Å². The molecule has 0 saturated heterocycles. The van der Waals surface area contributed by atoms with Gasteiger partial charge in [0, 0.05) is 11.0 Å². The first-order valence-electron chi connectivity index (χ1n) is 5.11. The molecule has 0 aliphatic rings. The number of benzene rings is 1. The molecule has 1 aromatic carbocycles. The maximum atomic E-state index is 11.2. The highest BCUT2D eigenvalue weighted by atomic mass is 79.9. The summed E-state index contributed by atoms with van der Waals surface area (Å²) in [5.41, 5.74) is 2.33. The van der Waals surface area contributed by atoms with E-state index in [0.29, 0.717) is 6.54 Å². The number of carbonyl (C=O) groups is 1. The molecular weight excluding hydrogens is 270 g/mol. The number of aryl methyl sites for hydroxylation is 1. The lowest BCUT2D eigenvalue weighted by atomic mass is 10.1. The van der Waals surface area contributed by atoms with Crippen molar-refractivity contribution in [3.05, 3.63) is 33.8 Å². The lowest BCUT2D eigenvalue weighted by Gasteiger charge is -2.12. The van der Waals surface area contributed by atoms with E-state index in [4.69, 9.17) is 0 Å². The minimum Gasteiger partial charge on any atom is -0.468 e. The van der Waals surface area contributed by atoms with E-state index in [1.807, 2.05) is 19.1 Å². The molecular formula is C12H16BrNO2. The van der Waals surface area contributed by atoms with Gasteiger partial charge in [-0.25, -0.2) is 0 Å². The Bertz CT molecular complexity index is 379. The number of nitrogens with one attached hydrogen (secondary N) is 1. The molecule has 4 heteroatoms. The smallest absolute Gasteiger partial charge is 0.322 e. The third-order valence-electron chi connectivity index (χ3n) is 2.36. The zero-order valence-electron chi connectivity index (χ0n) is 9.71. The molecule has 0 bridgehead atoms. The highest BCUT2D eigenvalue weighted by Gasteiger charge is 2.12. The molecule has 0 amide bonds. The Morgan fingerprint density at radius 3 is 2.81 bits per heavy atom. The molecule has 0 spiro atoms. The van der Waals surface area contributed by atoms with Gasteiger partial charge in [0.05, 0.1) is 7.11 Å². The second kappa shape index (κ2) is 6.01. The first-order chi connectivity index (χ1) is 7.54.